The minimum Gasteiger partial charge on any atom is -0.451 e. The Labute approximate surface area is 147 Å². The Hall–Kier alpha value is -1.86. The summed E-state index contributed by atoms with van der Waals surface area (Å²) in [5.41, 5.74) is 7.04. The molecule has 1 aromatic heterocycles. The van der Waals surface area contributed by atoms with Crippen LogP contribution in [-0.4, -0.2) is 44.1 Å². The van der Waals surface area contributed by atoms with Gasteiger partial charge in [-0.2, -0.15) is 0 Å². The van der Waals surface area contributed by atoms with E-state index < -0.39 is 9.84 Å². The summed E-state index contributed by atoms with van der Waals surface area (Å²) in [6.45, 7) is 2.51. The molecule has 0 unspecified atom stereocenters. The molecule has 25 heavy (non-hydrogen) atoms. The van der Waals surface area contributed by atoms with E-state index in [1.54, 1.807) is 23.1 Å². The SMILES string of the molecule is C[C@@H](N)[C@@H]1CCCCN1C(=O)c1oc2ccccc2c1CS(C)(=O)=O. The van der Waals surface area contributed by atoms with Gasteiger partial charge in [-0.1, -0.05) is 18.2 Å². The predicted molar refractivity (Wildman–Crippen MR) is 97.1 cm³/mol. The molecule has 0 aliphatic carbocycles. The molecule has 6 nitrogen and oxygen atoms in total. The van der Waals surface area contributed by atoms with Gasteiger partial charge in [0.15, 0.2) is 15.6 Å². The van der Waals surface area contributed by atoms with Crippen LogP contribution in [-0.2, 0) is 15.6 Å². The number of furan rings is 1. The Balaban J connectivity index is 2.07. The third kappa shape index (κ3) is 3.72. The zero-order valence-electron chi connectivity index (χ0n) is 14.6. The second-order valence-corrected chi connectivity index (χ2v) is 9.04. The van der Waals surface area contributed by atoms with E-state index in [0.29, 0.717) is 23.1 Å². The van der Waals surface area contributed by atoms with Crippen LogP contribution in [0.25, 0.3) is 11.0 Å². The predicted octanol–water partition coefficient (Wildman–Crippen LogP) is 2.32. The molecule has 1 aliphatic heterocycles. The molecule has 2 aromatic rings. The summed E-state index contributed by atoms with van der Waals surface area (Å²) in [5, 5.41) is 0.672. The summed E-state index contributed by atoms with van der Waals surface area (Å²) < 4.78 is 29.6. The molecule has 1 aliphatic rings. The van der Waals surface area contributed by atoms with Crippen molar-refractivity contribution in [3.05, 3.63) is 35.6 Å². The van der Waals surface area contributed by atoms with Crippen LogP contribution in [0.1, 0.15) is 42.3 Å². The minimum atomic E-state index is -3.31. The standard InChI is InChI=1S/C18H24N2O4S/c1-12(19)15-8-5-6-10-20(15)18(21)17-14(11-25(2,22)23)13-7-3-4-9-16(13)24-17/h3-4,7,9,12,15H,5-6,8,10-11,19H2,1-2H3/t12-,15+/m1/s1. The van der Waals surface area contributed by atoms with Crippen LogP contribution < -0.4 is 5.73 Å². The average Bonchev–Trinajstić information content (AvgIpc) is 2.91. The number of hydrogen-bond acceptors (Lipinski definition) is 5. The first-order valence-electron chi connectivity index (χ1n) is 8.52. The fourth-order valence-electron chi connectivity index (χ4n) is 3.56. The van der Waals surface area contributed by atoms with E-state index in [2.05, 4.69) is 0 Å². The van der Waals surface area contributed by atoms with Gasteiger partial charge in [0.1, 0.15) is 5.58 Å². The second-order valence-electron chi connectivity index (χ2n) is 6.90. The molecule has 3 rings (SSSR count). The van der Waals surface area contributed by atoms with Crippen molar-refractivity contribution in [2.75, 3.05) is 12.8 Å². The summed E-state index contributed by atoms with van der Waals surface area (Å²) in [5.74, 6) is -0.363. The highest BCUT2D eigenvalue weighted by molar-refractivity contribution is 7.89. The van der Waals surface area contributed by atoms with Crippen molar-refractivity contribution >= 4 is 26.7 Å². The van der Waals surface area contributed by atoms with Crippen molar-refractivity contribution < 1.29 is 17.6 Å². The fourth-order valence-corrected chi connectivity index (χ4v) is 4.37. The molecule has 1 saturated heterocycles. The van der Waals surface area contributed by atoms with Gasteiger partial charge in [0.05, 0.1) is 5.75 Å². The van der Waals surface area contributed by atoms with E-state index in [9.17, 15) is 13.2 Å². The molecule has 2 heterocycles. The number of nitrogens with two attached hydrogens (primary N) is 1. The van der Waals surface area contributed by atoms with Gasteiger partial charge in [0.25, 0.3) is 5.91 Å². The van der Waals surface area contributed by atoms with Crippen LogP contribution in [0.15, 0.2) is 28.7 Å². The van der Waals surface area contributed by atoms with Crippen LogP contribution in [0, 0.1) is 0 Å². The number of hydrogen-bond donors (Lipinski definition) is 1. The molecular weight excluding hydrogens is 340 g/mol. The highest BCUT2D eigenvalue weighted by atomic mass is 32.2. The maximum atomic E-state index is 13.2. The fraction of sp³-hybridized carbons (Fsp3) is 0.500. The molecule has 7 heteroatoms. The van der Waals surface area contributed by atoms with Crippen LogP contribution in [0.2, 0.25) is 0 Å². The van der Waals surface area contributed by atoms with Crippen molar-refractivity contribution in [1.82, 2.24) is 4.90 Å². The van der Waals surface area contributed by atoms with Crippen LogP contribution >= 0.6 is 0 Å². The zero-order chi connectivity index (χ0) is 18.2. The molecule has 2 N–H and O–H groups in total. The van der Waals surface area contributed by atoms with Crippen molar-refractivity contribution in [3.8, 4) is 0 Å². The molecule has 1 amide bonds. The van der Waals surface area contributed by atoms with Crippen LogP contribution in [0.5, 0.6) is 0 Å². The lowest BCUT2D eigenvalue weighted by molar-refractivity contribution is 0.0553. The lowest BCUT2D eigenvalue weighted by atomic mass is 9.96. The number of sulfone groups is 1. The number of benzene rings is 1. The van der Waals surface area contributed by atoms with E-state index in [1.165, 1.54) is 0 Å². The summed E-state index contributed by atoms with van der Waals surface area (Å²) in [6.07, 6.45) is 3.96. The quantitative estimate of drug-likeness (QED) is 0.898. The van der Waals surface area contributed by atoms with Crippen molar-refractivity contribution in [1.29, 1.82) is 0 Å². The third-order valence-corrected chi connectivity index (χ3v) is 5.53. The van der Waals surface area contributed by atoms with Gasteiger partial charge in [-0.3, -0.25) is 4.79 Å². The Morgan fingerprint density at radius 2 is 2.08 bits per heavy atom. The monoisotopic (exact) mass is 364 g/mol. The van der Waals surface area contributed by atoms with Gasteiger partial charge in [-0.05, 0) is 32.3 Å². The van der Waals surface area contributed by atoms with Crippen molar-refractivity contribution in [2.45, 2.75) is 44.0 Å². The average molecular weight is 364 g/mol. The van der Waals surface area contributed by atoms with E-state index in [4.69, 9.17) is 10.2 Å². The van der Waals surface area contributed by atoms with Crippen molar-refractivity contribution in [2.24, 2.45) is 5.73 Å². The molecule has 0 saturated carbocycles. The molecule has 0 radical (unpaired) electrons. The zero-order valence-corrected chi connectivity index (χ0v) is 15.4. The lowest BCUT2D eigenvalue weighted by Gasteiger charge is -2.37. The van der Waals surface area contributed by atoms with Gasteiger partial charge in [-0.25, -0.2) is 8.42 Å². The third-order valence-electron chi connectivity index (χ3n) is 4.72. The first kappa shape index (κ1) is 17.9. The van der Waals surface area contributed by atoms with Gasteiger partial charge in [0.2, 0.25) is 0 Å². The Morgan fingerprint density at radius 3 is 2.76 bits per heavy atom. The number of carbonyl (C=O) groups is 1. The summed E-state index contributed by atoms with van der Waals surface area (Å²) in [6, 6.07) is 6.94. The first-order chi connectivity index (χ1) is 11.8. The summed E-state index contributed by atoms with van der Waals surface area (Å²) >= 11 is 0. The smallest absolute Gasteiger partial charge is 0.290 e. The molecular formula is C18H24N2O4S. The van der Waals surface area contributed by atoms with Gasteiger partial charge in [-0.15, -0.1) is 0 Å². The van der Waals surface area contributed by atoms with Gasteiger partial charge in [0, 0.05) is 35.8 Å². The maximum absolute atomic E-state index is 13.2. The minimum absolute atomic E-state index is 0.0551. The van der Waals surface area contributed by atoms with E-state index >= 15 is 0 Å². The van der Waals surface area contributed by atoms with Crippen LogP contribution in [0.3, 0.4) is 0 Å². The topological polar surface area (TPSA) is 93.6 Å². The van der Waals surface area contributed by atoms with E-state index in [0.717, 1.165) is 25.5 Å². The Bertz CT molecular complexity index is 886. The number of likely N-dealkylation sites (tertiary alicyclic amines) is 1. The van der Waals surface area contributed by atoms with E-state index in [-0.39, 0.29) is 29.5 Å². The Morgan fingerprint density at radius 1 is 1.36 bits per heavy atom. The first-order valence-corrected chi connectivity index (χ1v) is 10.6. The van der Waals surface area contributed by atoms with Gasteiger partial charge >= 0.3 is 0 Å². The second kappa shape index (κ2) is 6.80. The number of rotatable bonds is 4. The number of fused-ring (bicyclic) bond motifs is 1. The maximum Gasteiger partial charge on any atom is 0.290 e. The molecule has 0 spiro atoms. The molecule has 2 atom stereocenters. The van der Waals surface area contributed by atoms with Crippen LogP contribution in [0.4, 0.5) is 0 Å². The normalized spacial score (nSPS) is 20.0. The molecule has 136 valence electrons. The van der Waals surface area contributed by atoms with Crippen molar-refractivity contribution in [3.63, 3.8) is 0 Å². The molecule has 1 aromatic carbocycles. The Kier molecular flexibility index (Phi) is 4.88. The number of piperidine rings is 1. The highest BCUT2D eigenvalue weighted by Crippen LogP contribution is 2.30. The number of amides is 1. The highest BCUT2D eigenvalue weighted by Gasteiger charge is 2.34. The van der Waals surface area contributed by atoms with Gasteiger partial charge < -0.3 is 15.1 Å². The van der Waals surface area contributed by atoms with E-state index in [1.807, 2.05) is 13.0 Å². The largest absolute Gasteiger partial charge is 0.451 e. The summed E-state index contributed by atoms with van der Waals surface area (Å²) in [7, 11) is -3.31. The lowest BCUT2D eigenvalue weighted by Crippen LogP contribution is -2.51. The number of carbonyl (C=O) groups excluding carboxylic acids is 1. The molecule has 1 fully saturated rings. The number of para-hydroxylation sites is 1. The summed E-state index contributed by atoms with van der Waals surface area (Å²) in [4.78, 5) is 14.9. The number of nitrogens with zero attached hydrogens (tertiary/aromatic N) is 1. The molecule has 0 bridgehead atoms.